The van der Waals surface area contributed by atoms with E-state index in [1.54, 1.807) is 12.4 Å². The first-order valence-corrected chi connectivity index (χ1v) is 11.7. The van der Waals surface area contributed by atoms with Gasteiger partial charge in [-0.3, -0.25) is 9.07 Å². The molecule has 3 aromatic heterocycles. The maximum Gasteiger partial charge on any atom is 0.142 e. The van der Waals surface area contributed by atoms with Gasteiger partial charge in [-0.15, -0.1) is 0 Å². The average Bonchev–Trinajstić information content (AvgIpc) is 3.50. The van der Waals surface area contributed by atoms with Crippen molar-refractivity contribution in [3.8, 4) is 16.9 Å². The lowest BCUT2D eigenvalue weighted by Crippen LogP contribution is -2.27. The number of pyridine rings is 1. The zero-order valence-electron chi connectivity index (χ0n) is 18.8. The third-order valence-electron chi connectivity index (χ3n) is 6.80. The summed E-state index contributed by atoms with van der Waals surface area (Å²) in [6, 6.07) is 5.25. The minimum atomic E-state index is -0.821. The molecule has 6 nitrogen and oxygen atoms in total. The van der Waals surface area contributed by atoms with Gasteiger partial charge in [-0.1, -0.05) is 11.6 Å². The Morgan fingerprint density at radius 2 is 2.03 bits per heavy atom. The monoisotopic (exact) mass is 485 g/mol. The van der Waals surface area contributed by atoms with Crippen LogP contribution in [0, 0.1) is 5.82 Å². The summed E-state index contributed by atoms with van der Waals surface area (Å²) in [4.78, 5) is 7.63. The van der Waals surface area contributed by atoms with Crippen molar-refractivity contribution in [1.29, 1.82) is 0 Å². The number of aromatic amines is 1. The van der Waals surface area contributed by atoms with Crippen molar-refractivity contribution in [2.24, 2.45) is 5.73 Å². The van der Waals surface area contributed by atoms with Crippen LogP contribution in [-0.4, -0.2) is 39.6 Å². The predicted molar refractivity (Wildman–Crippen MR) is 129 cm³/mol. The molecule has 9 heteroatoms. The molecule has 1 fully saturated rings. The summed E-state index contributed by atoms with van der Waals surface area (Å²) in [6.07, 6.45) is 11.3. The van der Waals surface area contributed by atoms with Gasteiger partial charge in [-0.2, -0.15) is 5.10 Å². The SMILES string of the molecule is COc1ccc(F)c(Cl)c1[C@@H](CF)c1c[nH]c2ncc(-c3cnn(C4CCC(N)CC4)c3)cc12. The zero-order valence-corrected chi connectivity index (χ0v) is 19.5. The summed E-state index contributed by atoms with van der Waals surface area (Å²) in [5.74, 6) is -1.11. The average molecular weight is 486 g/mol. The summed E-state index contributed by atoms with van der Waals surface area (Å²) in [7, 11) is 1.45. The Morgan fingerprint density at radius 3 is 2.76 bits per heavy atom. The van der Waals surface area contributed by atoms with Gasteiger partial charge in [0.05, 0.1) is 24.4 Å². The lowest BCUT2D eigenvalue weighted by atomic mass is 9.91. The number of ether oxygens (including phenoxy) is 1. The van der Waals surface area contributed by atoms with Crippen LogP contribution in [0.2, 0.25) is 5.02 Å². The van der Waals surface area contributed by atoms with Gasteiger partial charge in [0.15, 0.2) is 0 Å². The first-order valence-electron chi connectivity index (χ1n) is 11.3. The van der Waals surface area contributed by atoms with E-state index in [0.717, 1.165) is 42.2 Å². The van der Waals surface area contributed by atoms with E-state index in [4.69, 9.17) is 22.1 Å². The summed E-state index contributed by atoms with van der Waals surface area (Å²) in [5.41, 5.74) is 9.34. The molecule has 1 saturated carbocycles. The number of hydrogen-bond donors (Lipinski definition) is 2. The van der Waals surface area contributed by atoms with E-state index in [9.17, 15) is 8.78 Å². The van der Waals surface area contributed by atoms with Crippen molar-refractivity contribution in [2.45, 2.75) is 43.7 Å². The number of halogens is 3. The number of benzene rings is 1. The van der Waals surface area contributed by atoms with Gasteiger partial charge < -0.3 is 15.5 Å². The summed E-state index contributed by atoms with van der Waals surface area (Å²) in [5, 5.41) is 5.17. The molecule has 4 aromatic rings. The summed E-state index contributed by atoms with van der Waals surface area (Å²) >= 11 is 6.27. The van der Waals surface area contributed by atoms with Crippen LogP contribution >= 0.6 is 11.6 Å². The van der Waals surface area contributed by atoms with Crippen molar-refractivity contribution in [3.05, 3.63) is 65.0 Å². The molecule has 1 aliphatic rings. The zero-order chi connectivity index (χ0) is 23.8. The molecule has 5 rings (SSSR count). The third kappa shape index (κ3) is 4.05. The number of nitrogens with one attached hydrogen (secondary N) is 1. The van der Waals surface area contributed by atoms with Gasteiger partial charge >= 0.3 is 0 Å². The molecule has 0 amide bonds. The second-order valence-corrected chi connectivity index (χ2v) is 9.20. The van der Waals surface area contributed by atoms with Crippen LogP contribution in [-0.2, 0) is 0 Å². The van der Waals surface area contributed by atoms with Crippen LogP contribution in [0.25, 0.3) is 22.2 Å². The number of nitrogens with zero attached hydrogens (tertiary/aromatic N) is 3. The Balaban J connectivity index is 1.53. The minimum absolute atomic E-state index is 0.144. The Hall–Kier alpha value is -2.97. The van der Waals surface area contributed by atoms with Crippen LogP contribution in [0.1, 0.15) is 48.8 Å². The largest absolute Gasteiger partial charge is 0.496 e. The summed E-state index contributed by atoms with van der Waals surface area (Å²) in [6.45, 7) is -0.779. The molecular formula is C25H26ClF2N5O. The third-order valence-corrected chi connectivity index (χ3v) is 7.19. The predicted octanol–water partition coefficient (Wildman–Crippen LogP) is 5.77. The number of methoxy groups -OCH3 is 1. The van der Waals surface area contributed by atoms with Crippen molar-refractivity contribution >= 4 is 22.6 Å². The van der Waals surface area contributed by atoms with Crippen molar-refractivity contribution in [3.63, 3.8) is 0 Å². The topological polar surface area (TPSA) is 81.8 Å². The van der Waals surface area contributed by atoms with Gasteiger partial charge in [0.2, 0.25) is 0 Å². The number of fused-ring (bicyclic) bond motifs is 1. The normalized spacial score (nSPS) is 19.4. The van der Waals surface area contributed by atoms with Crippen LogP contribution in [0.4, 0.5) is 8.78 Å². The van der Waals surface area contributed by atoms with Crippen molar-refractivity contribution in [2.75, 3.05) is 13.8 Å². The van der Waals surface area contributed by atoms with E-state index in [1.165, 1.54) is 19.2 Å². The number of hydrogen-bond acceptors (Lipinski definition) is 4. The molecule has 3 heterocycles. The van der Waals surface area contributed by atoms with E-state index < -0.39 is 18.4 Å². The maximum absolute atomic E-state index is 14.4. The molecule has 1 aliphatic carbocycles. The smallest absolute Gasteiger partial charge is 0.142 e. The number of aromatic nitrogens is 4. The van der Waals surface area contributed by atoms with Gasteiger partial charge in [0.25, 0.3) is 0 Å². The quantitative estimate of drug-likeness (QED) is 0.363. The molecule has 0 aliphatic heterocycles. The Morgan fingerprint density at radius 1 is 1.24 bits per heavy atom. The van der Waals surface area contributed by atoms with Gasteiger partial charge in [0.1, 0.15) is 23.9 Å². The van der Waals surface area contributed by atoms with E-state index in [1.807, 2.05) is 23.1 Å². The Labute approximate surface area is 201 Å². The van der Waals surface area contributed by atoms with E-state index in [0.29, 0.717) is 23.0 Å². The molecule has 0 radical (unpaired) electrons. The molecule has 0 unspecified atom stereocenters. The molecular weight excluding hydrogens is 460 g/mol. The highest BCUT2D eigenvalue weighted by Gasteiger charge is 2.27. The molecule has 0 saturated heterocycles. The molecule has 3 N–H and O–H groups in total. The van der Waals surface area contributed by atoms with Crippen LogP contribution in [0.15, 0.2) is 43.0 Å². The van der Waals surface area contributed by atoms with Crippen LogP contribution in [0.5, 0.6) is 5.75 Å². The molecule has 178 valence electrons. The first kappa shape index (κ1) is 22.8. The molecule has 1 aromatic carbocycles. The fourth-order valence-corrected chi connectivity index (χ4v) is 5.18. The molecule has 0 bridgehead atoms. The lowest BCUT2D eigenvalue weighted by molar-refractivity contribution is 0.304. The fraction of sp³-hybridized carbons (Fsp3) is 0.360. The second-order valence-electron chi connectivity index (χ2n) is 8.83. The molecule has 1 atom stereocenters. The highest BCUT2D eigenvalue weighted by atomic mass is 35.5. The number of alkyl halides is 1. The summed E-state index contributed by atoms with van der Waals surface area (Å²) < 4.78 is 36.1. The molecule has 34 heavy (non-hydrogen) atoms. The van der Waals surface area contributed by atoms with Gasteiger partial charge in [0, 0.05) is 52.6 Å². The number of rotatable bonds is 6. The number of H-pyrrole nitrogens is 1. The molecule has 0 spiro atoms. The van der Waals surface area contributed by atoms with E-state index >= 15 is 0 Å². The second kappa shape index (κ2) is 9.35. The van der Waals surface area contributed by atoms with Crippen LogP contribution < -0.4 is 10.5 Å². The van der Waals surface area contributed by atoms with Crippen molar-refractivity contribution < 1.29 is 13.5 Å². The van der Waals surface area contributed by atoms with Crippen molar-refractivity contribution in [1.82, 2.24) is 19.7 Å². The highest BCUT2D eigenvalue weighted by Crippen LogP contribution is 2.41. The first-order chi connectivity index (χ1) is 16.5. The van der Waals surface area contributed by atoms with Crippen LogP contribution in [0.3, 0.4) is 0 Å². The number of nitrogens with two attached hydrogens (primary N) is 1. The highest BCUT2D eigenvalue weighted by molar-refractivity contribution is 6.31. The van der Waals surface area contributed by atoms with Gasteiger partial charge in [-0.05, 0) is 49.4 Å². The Kier molecular flexibility index (Phi) is 6.27. The van der Waals surface area contributed by atoms with E-state index in [-0.39, 0.29) is 16.6 Å². The minimum Gasteiger partial charge on any atom is -0.496 e. The Bertz CT molecular complexity index is 1310. The fourth-order valence-electron chi connectivity index (χ4n) is 4.89. The lowest BCUT2D eigenvalue weighted by Gasteiger charge is -2.26. The van der Waals surface area contributed by atoms with E-state index in [2.05, 4.69) is 15.1 Å². The standard InChI is InChI=1S/C25H26ClF2N5O/c1-34-22-7-6-21(28)24(26)23(22)19(9-27)20-12-31-25-18(20)8-14(10-30-25)15-11-32-33(13-15)17-4-2-16(29)3-5-17/h6-8,10-13,16-17,19H,2-5,9,29H2,1H3,(H,30,31)/t16?,17?,19-/m0/s1. The maximum atomic E-state index is 14.4. The van der Waals surface area contributed by atoms with Gasteiger partial charge in [-0.25, -0.2) is 9.37 Å².